The molecule has 2 heteroatoms. The first-order valence-electron chi connectivity index (χ1n) is 5.81. The average molecular weight is 208 g/mol. The van der Waals surface area contributed by atoms with Crippen molar-refractivity contribution < 1.29 is 9.15 Å². The molecule has 0 fully saturated rings. The van der Waals surface area contributed by atoms with Gasteiger partial charge in [0.15, 0.2) is 0 Å². The minimum Gasteiger partial charge on any atom is -0.466 e. The van der Waals surface area contributed by atoms with Crippen molar-refractivity contribution in [3.05, 3.63) is 23.7 Å². The summed E-state index contributed by atoms with van der Waals surface area (Å²) < 4.78 is 11.6. The van der Waals surface area contributed by atoms with E-state index in [9.17, 15) is 0 Å². The molecule has 84 valence electrons. The number of furan rings is 1. The van der Waals surface area contributed by atoms with Crippen LogP contribution in [0.1, 0.15) is 45.1 Å². The molecule has 0 saturated heterocycles. The van der Waals surface area contributed by atoms with E-state index >= 15 is 0 Å². The third kappa shape index (κ3) is 1.96. The number of ether oxygens (including phenoxy) is 1. The zero-order chi connectivity index (χ0) is 11.0. The maximum atomic E-state index is 6.10. The van der Waals surface area contributed by atoms with Gasteiger partial charge >= 0.3 is 0 Å². The molecule has 2 nitrogen and oxygen atoms in total. The van der Waals surface area contributed by atoms with E-state index in [1.807, 2.05) is 0 Å². The van der Waals surface area contributed by atoms with Crippen LogP contribution >= 0.6 is 0 Å². The first kappa shape index (κ1) is 10.7. The van der Waals surface area contributed by atoms with Gasteiger partial charge in [-0.3, -0.25) is 0 Å². The summed E-state index contributed by atoms with van der Waals surface area (Å²) >= 11 is 0. The fourth-order valence-corrected chi connectivity index (χ4v) is 2.13. The lowest BCUT2D eigenvalue weighted by Crippen LogP contribution is -2.31. The van der Waals surface area contributed by atoms with Gasteiger partial charge in [0.05, 0.1) is 12.4 Å². The van der Waals surface area contributed by atoms with Gasteiger partial charge in [-0.05, 0) is 23.5 Å². The average Bonchev–Trinajstić information content (AvgIpc) is 2.62. The Morgan fingerprint density at radius 1 is 1.20 bits per heavy atom. The Morgan fingerprint density at radius 2 is 1.93 bits per heavy atom. The molecule has 0 amide bonds. The quantitative estimate of drug-likeness (QED) is 0.741. The lowest BCUT2D eigenvalue weighted by Gasteiger charge is -2.33. The molecule has 0 radical (unpaired) electrons. The van der Waals surface area contributed by atoms with Crippen LogP contribution in [-0.4, -0.2) is 6.10 Å². The maximum absolute atomic E-state index is 6.10. The van der Waals surface area contributed by atoms with Crippen molar-refractivity contribution in [2.24, 2.45) is 11.8 Å². The van der Waals surface area contributed by atoms with Crippen molar-refractivity contribution in [3.8, 4) is 0 Å². The van der Waals surface area contributed by atoms with E-state index in [-0.39, 0.29) is 6.10 Å². The Kier molecular flexibility index (Phi) is 2.87. The summed E-state index contributed by atoms with van der Waals surface area (Å²) in [5.74, 6) is 2.08. The fraction of sp³-hybridized carbons (Fsp3) is 0.692. The van der Waals surface area contributed by atoms with Gasteiger partial charge < -0.3 is 9.15 Å². The van der Waals surface area contributed by atoms with Gasteiger partial charge in [-0.1, -0.05) is 27.7 Å². The zero-order valence-corrected chi connectivity index (χ0v) is 9.99. The maximum Gasteiger partial charge on any atom is 0.136 e. The minimum absolute atomic E-state index is 0.135. The monoisotopic (exact) mass is 208 g/mol. The molecule has 1 aromatic heterocycles. The van der Waals surface area contributed by atoms with E-state index in [1.165, 1.54) is 5.56 Å². The van der Waals surface area contributed by atoms with E-state index in [4.69, 9.17) is 9.15 Å². The summed E-state index contributed by atoms with van der Waals surface area (Å²) in [6, 6.07) is 2.09. The molecule has 0 spiro atoms. The van der Waals surface area contributed by atoms with Crippen molar-refractivity contribution in [1.82, 2.24) is 0 Å². The van der Waals surface area contributed by atoms with Crippen LogP contribution in [-0.2, 0) is 11.2 Å². The van der Waals surface area contributed by atoms with Gasteiger partial charge in [-0.25, -0.2) is 0 Å². The van der Waals surface area contributed by atoms with E-state index in [0.717, 1.165) is 12.2 Å². The van der Waals surface area contributed by atoms with Crippen LogP contribution < -0.4 is 0 Å². The van der Waals surface area contributed by atoms with Crippen LogP contribution in [0.15, 0.2) is 16.7 Å². The van der Waals surface area contributed by atoms with Crippen LogP contribution in [0, 0.1) is 11.8 Å². The van der Waals surface area contributed by atoms with Crippen LogP contribution in [0.5, 0.6) is 0 Å². The van der Waals surface area contributed by atoms with Crippen molar-refractivity contribution in [1.29, 1.82) is 0 Å². The minimum atomic E-state index is 0.135. The lowest BCUT2D eigenvalue weighted by molar-refractivity contribution is -0.0795. The molecule has 0 N–H and O–H groups in total. The molecule has 0 saturated carbocycles. The van der Waals surface area contributed by atoms with Crippen LogP contribution in [0.2, 0.25) is 0 Å². The number of fused-ring (bicyclic) bond motifs is 1. The summed E-state index contributed by atoms with van der Waals surface area (Å²) in [6.07, 6.45) is 3.25. The Bertz CT molecular complexity index is 325. The standard InChI is InChI=1S/C13H20O2/c1-8(2)11-7-10-5-6-14-13(10)12(15-11)9(3)4/h5-6,8-9,11-12H,7H2,1-4H3/t11-,12?/m0/s1. The van der Waals surface area contributed by atoms with Gasteiger partial charge in [0.1, 0.15) is 11.9 Å². The third-order valence-corrected chi connectivity index (χ3v) is 3.13. The molecule has 2 rings (SSSR count). The summed E-state index contributed by atoms with van der Waals surface area (Å²) in [6.45, 7) is 8.79. The highest BCUT2D eigenvalue weighted by atomic mass is 16.5. The van der Waals surface area contributed by atoms with Crippen LogP contribution in [0.3, 0.4) is 0 Å². The van der Waals surface area contributed by atoms with Crippen molar-refractivity contribution in [2.75, 3.05) is 0 Å². The number of hydrogen-bond donors (Lipinski definition) is 0. The molecule has 2 atom stereocenters. The van der Waals surface area contributed by atoms with Gasteiger partial charge in [-0.15, -0.1) is 0 Å². The molecular formula is C13H20O2. The van der Waals surface area contributed by atoms with E-state index in [0.29, 0.717) is 17.9 Å². The number of hydrogen-bond acceptors (Lipinski definition) is 2. The van der Waals surface area contributed by atoms with E-state index in [2.05, 4.69) is 33.8 Å². The Hall–Kier alpha value is -0.760. The summed E-state index contributed by atoms with van der Waals surface area (Å²) in [5.41, 5.74) is 1.33. The summed E-state index contributed by atoms with van der Waals surface area (Å²) in [7, 11) is 0. The predicted octanol–water partition coefficient (Wildman–Crippen LogP) is 3.57. The van der Waals surface area contributed by atoms with Crippen LogP contribution in [0.4, 0.5) is 0 Å². The first-order valence-corrected chi connectivity index (χ1v) is 5.81. The molecule has 15 heavy (non-hydrogen) atoms. The van der Waals surface area contributed by atoms with Crippen molar-refractivity contribution >= 4 is 0 Å². The van der Waals surface area contributed by atoms with E-state index < -0.39 is 0 Å². The SMILES string of the molecule is CC(C)C1O[C@H](C(C)C)Cc2ccoc21. The second kappa shape index (κ2) is 4.01. The topological polar surface area (TPSA) is 22.4 Å². The third-order valence-electron chi connectivity index (χ3n) is 3.13. The molecule has 1 aromatic rings. The highest BCUT2D eigenvalue weighted by Crippen LogP contribution is 2.37. The highest BCUT2D eigenvalue weighted by molar-refractivity contribution is 5.23. The van der Waals surface area contributed by atoms with Crippen molar-refractivity contribution in [2.45, 2.75) is 46.3 Å². The Balaban J connectivity index is 2.27. The summed E-state index contributed by atoms with van der Waals surface area (Å²) in [5, 5.41) is 0. The Labute approximate surface area is 91.6 Å². The molecular weight excluding hydrogens is 188 g/mol. The van der Waals surface area contributed by atoms with E-state index in [1.54, 1.807) is 6.26 Å². The summed E-state index contributed by atoms with van der Waals surface area (Å²) in [4.78, 5) is 0. The molecule has 1 unspecified atom stereocenters. The highest BCUT2D eigenvalue weighted by Gasteiger charge is 2.33. The van der Waals surface area contributed by atoms with Crippen LogP contribution in [0.25, 0.3) is 0 Å². The van der Waals surface area contributed by atoms with Gasteiger partial charge in [0.2, 0.25) is 0 Å². The zero-order valence-electron chi connectivity index (χ0n) is 9.99. The van der Waals surface area contributed by atoms with Gasteiger partial charge in [0, 0.05) is 6.42 Å². The normalized spacial score (nSPS) is 26.0. The fourth-order valence-electron chi connectivity index (χ4n) is 2.13. The van der Waals surface area contributed by atoms with Crippen molar-refractivity contribution in [3.63, 3.8) is 0 Å². The molecule has 2 heterocycles. The van der Waals surface area contributed by atoms with Gasteiger partial charge in [0.25, 0.3) is 0 Å². The number of rotatable bonds is 2. The predicted molar refractivity (Wildman–Crippen MR) is 59.7 cm³/mol. The molecule has 1 aliphatic rings. The molecule has 0 aromatic carbocycles. The first-order chi connectivity index (χ1) is 7.09. The molecule has 0 aliphatic carbocycles. The second-order valence-electron chi connectivity index (χ2n) is 5.10. The molecule has 1 aliphatic heterocycles. The molecule has 0 bridgehead atoms. The smallest absolute Gasteiger partial charge is 0.136 e. The lowest BCUT2D eigenvalue weighted by atomic mass is 9.91. The largest absolute Gasteiger partial charge is 0.466 e. The second-order valence-corrected chi connectivity index (χ2v) is 5.10. The Morgan fingerprint density at radius 3 is 2.53 bits per heavy atom. The van der Waals surface area contributed by atoms with Gasteiger partial charge in [-0.2, -0.15) is 0 Å².